The first-order chi connectivity index (χ1) is 8.31. The van der Waals surface area contributed by atoms with Crippen LogP contribution in [0.1, 0.15) is 5.56 Å². The summed E-state index contributed by atoms with van der Waals surface area (Å²) in [7, 11) is 0. The number of nitrogens with one attached hydrogen (secondary N) is 1. The molecule has 0 amide bonds. The summed E-state index contributed by atoms with van der Waals surface area (Å²) < 4.78 is 0. The SMILES string of the molecule is N#Cc1c(Cl)cccc1NCC1CSCCS1. The van der Waals surface area contributed by atoms with E-state index in [0.29, 0.717) is 15.8 Å². The highest BCUT2D eigenvalue weighted by molar-refractivity contribution is 8.06. The average molecular weight is 285 g/mol. The standard InChI is InChI=1S/C12H13ClN2S2/c13-11-2-1-3-12(10(11)6-14)15-7-9-8-16-4-5-17-9/h1-3,9,15H,4-5,7-8H2. The fourth-order valence-electron chi connectivity index (χ4n) is 1.66. The van der Waals surface area contributed by atoms with Crippen LogP contribution in [0.5, 0.6) is 0 Å². The van der Waals surface area contributed by atoms with Crippen LogP contribution in [0.3, 0.4) is 0 Å². The van der Waals surface area contributed by atoms with Crippen LogP contribution in [0.15, 0.2) is 18.2 Å². The molecule has 5 heteroatoms. The molecule has 0 radical (unpaired) electrons. The van der Waals surface area contributed by atoms with Crippen LogP contribution < -0.4 is 5.32 Å². The van der Waals surface area contributed by atoms with Gasteiger partial charge in [0.2, 0.25) is 0 Å². The van der Waals surface area contributed by atoms with E-state index >= 15 is 0 Å². The highest BCUT2D eigenvalue weighted by Gasteiger charge is 2.14. The van der Waals surface area contributed by atoms with Gasteiger partial charge in [-0.15, -0.1) is 0 Å². The summed E-state index contributed by atoms with van der Waals surface area (Å²) in [6.07, 6.45) is 0. The van der Waals surface area contributed by atoms with Crippen molar-refractivity contribution in [2.75, 3.05) is 29.1 Å². The molecule has 0 saturated carbocycles. The normalized spacial score (nSPS) is 19.6. The van der Waals surface area contributed by atoms with E-state index < -0.39 is 0 Å². The molecular weight excluding hydrogens is 272 g/mol. The third-order valence-electron chi connectivity index (χ3n) is 2.53. The van der Waals surface area contributed by atoms with Gasteiger partial charge in [0.05, 0.1) is 16.3 Å². The summed E-state index contributed by atoms with van der Waals surface area (Å²) in [4.78, 5) is 0. The Morgan fingerprint density at radius 2 is 2.35 bits per heavy atom. The Labute approximate surface area is 115 Å². The second-order valence-corrected chi connectivity index (χ2v) is 6.69. The maximum absolute atomic E-state index is 9.05. The van der Waals surface area contributed by atoms with Crippen molar-refractivity contribution in [1.82, 2.24) is 0 Å². The quantitative estimate of drug-likeness (QED) is 0.922. The van der Waals surface area contributed by atoms with E-state index in [1.807, 2.05) is 35.7 Å². The number of nitrogens with zero attached hydrogens (tertiary/aromatic N) is 1. The van der Waals surface area contributed by atoms with Gasteiger partial charge in [0.15, 0.2) is 0 Å². The van der Waals surface area contributed by atoms with Gasteiger partial charge in [0.25, 0.3) is 0 Å². The van der Waals surface area contributed by atoms with Gasteiger partial charge < -0.3 is 5.32 Å². The molecule has 1 aliphatic rings. The first kappa shape index (κ1) is 12.9. The minimum Gasteiger partial charge on any atom is -0.383 e. The van der Waals surface area contributed by atoms with Crippen molar-refractivity contribution >= 4 is 40.8 Å². The molecule has 2 rings (SSSR count). The zero-order valence-corrected chi connectivity index (χ0v) is 11.7. The first-order valence-corrected chi connectivity index (χ1v) is 8.01. The summed E-state index contributed by atoms with van der Waals surface area (Å²) in [5.41, 5.74) is 1.39. The number of rotatable bonds is 3. The van der Waals surface area contributed by atoms with Crippen LogP contribution in [-0.2, 0) is 0 Å². The average Bonchev–Trinajstić information content (AvgIpc) is 2.37. The number of benzene rings is 1. The zero-order valence-electron chi connectivity index (χ0n) is 9.28. The molecule has 17 heavy (non-hydrogen) atoms. The first-order valence-electron chi connectivity index (χ1n) is 5.43. The lowest BCUT2D eigenvalue weighted by atomic mass is 10.2. The minimum absolute atomic E-state index is 0.517. The molecule has 1 aromatic carbocycles. The van der Waals surface area contributed by atoms with Crippen molar-refractivity contribution in [1.29, 1.82) is 5.26 Å². The molecule has 2 nitrogen and oxygen atoms in total. The topological polar surface area (TPSA) is 35.8 Å². The molecule has 1 unspecified atom stereocenters. The van der Waals surface area contributed by atoms with Crippen LogP contribution in [0, 0.1) is 11.3 Å². The van der Waals surface area contributed by atoms with Crippen molar-refractivity contribution in [2.45, 2.75) is 5.25 Å². The Morgan fingerprint density at radius 1 is 1.47 bits per heavy atom. The maximum atomic E-state index is 9.05. The van der Waals surface area contributed by atoms with E-state index in [4.69, 9.17) is 16.9 Å². The van der Waals surface area contributed by atoms with Gasteiger partial charge in [-0.3, -0.25) is 0 Å². The van der Waals surface area contributed by atoms with Gasteiger partial charge >= 0.3 is 0 Å². The highest BCUT2D eigenvalue weighted by Crippen LogP contribution is 2.26. The number of anilines is 1. The lowest BCUT2D eigenvalue weighted by molar-refractivity contribution is 1.00. The Hall–Kier alpha value is -0.500. The number of hydrogen-bond acceptors (Lipinski definition) is 4. The fraction of sp³-hybridized carbons (Fsp3) is 0.417. The van der Waals surface area contributed by atoms with Crippen LogP contribution in [0.2, 0.25) is 5.02 Å². The number of thioether (sulfide) groups is 2. The molecule has 0 aromatic heterocycles. The summed E-state index contributed by atoms with van der Waals surface area (Å²) in [6, 6.07) is 7.67. The van der Waals surface area contributed by atoms with Gasteiger partial charge in [-0.1, -0.05) is 17.7 Å². The Morgan fingerprint density at radius 3 is 3.06 bits per heavy atom. The largest absolute Gasteiger partial charge is 0.383 e. The molecule has 1 saturated heterocycles. The smallest absolute Gasteiger partial charge is 0.103 e. The lowest BCUT2D eigenvalue weighted by Crippen LogP contribution is -2.23. The van der Waals surface area contributed by atoms with Gasteiger partial charge in [-0.2, -0.15) is 28.8 Å². The van der Waals surface area contributed by atoms with Crippen LogP contribution in [0.4, 0.5) is 5.69 Å². The summed E-state index contributed by atoms with van der Waals surface area (Å²) in [6.45, 7) is 0.896. The van der Waals surface area contributed by atoms with Crippen LogP contribution >= 0.6 is 35.1 Å². The van der Waals surface area contributed by atoms with E-state index in [1.54, 1.807) is 6.07 Å². The van der Waals surface area contributed by atoms with E-state index in [9.17, 15) is 0 Å². The molecule has 1 N–H and O–H groups in total. The van der Waals surface area contributed by atoms with Crippen molar-refractivity contribution in [3.05, 3.63) is 28.8 Å². The van der Waals surface area contributed by atoms with E-state index in [1.165, 1.54) is 17.3 Å². The number of nitriles is 1. The minimum atomic E-state index is 0.517. The molecule has 1 atom stereocenters. The van der Waals surface area contributed by atoms with E-state index in [-0.39, 0.29) is 0 Å². The fourth-order valence-corrected chi connectivity index (χ4v) is 4.49. The predicted molar refractivity (Wildman–Crippen MR) is 78.2 cm³/mol. The van der Waals surface area contributed by atoms with Gasteiger partial charge in [0, 0.05) is 29.1 Å². The van der Waals surface area contributed by atoms with Crippen LogP contribution in [0.25, 0.3) is 0 Å². The van der Waals surface area contributed by atoms with E-state index in [2.05, 4.69) is 11.4 Å². The van der Waals surface area contributed by atoms with E-state index in [0.717, 1.165) is 12.2 Å². The maximum Gasteiger partial charge on any atom is 0.103 e. The third-order valence-corrected chi connectivity index (χ3v) is 5.69. The third kappa shape index (κ3) is 3.48. The molecule has 0 spiro atoms. The van der Waals surface area contributed by atoms with Crippen molar-refractivity contribution < 1.29 is 0 Å². The van der Waals surface area contributed by atoms with Crippen molar-refractivity contribution in [2.24, 2.45) is 0 Å². The van der Waals surface area contributed by atoms with Crippen molar-refractivity contribution in [3.63, 3.8) is 0 Å². The molecule has 1 aliphatic heterocycles. The number of hydrogen-bond donors (Lipinski definition) is 1. The summed E-state index contributed by atoms with van der Waals surface area (Å²) >= 11 is 9.98. The van der Waals surface area contributed by atoms with Crippen molar-refractivity contribution in [3.8, 4) is 6.07 Å². The second kappa shape index (κ2) is 6.44. The monoisotopic (exact) mass is 284 g/mol. The molecule has 1 heterocycles. The Bertz CT molecular complexity index is 425. The molecule has 0 bridgehead atoms. The van der Waals surface area contributed by atoms with Gasteiger partial charge in [-0.25, -0.2) is 0 Å². The molecular formula is C12H13ClN2S2. The number of halogens is 1. The highest BCUT2D eigenvalue weighted by atomic mass is 35.5. The van der Waals surface area contributed by atoms with Gasteiger partial charge in [0.1, 0.15) is 6.07 Å². The molecule has 90 valence electrons. The van der Waals surface area contributed by atoms with Crippen LogP contribution in [-0.4, -0.2) is 29.1 Å². The Kier molecular flexibility index (Phi) is 4.90. The zero-order chi connectivity index (χ0) is 12.1. The second-order valence-electron chi connectivity index (χ2n) is 3.72. The summed E-state index contributed by atoms with van der Waals surface area (Å²) in [5.74, 6) is 3.65. The lowest BCUT2D eigenvalue weighted by Gasteiger charge is -2.22. The molecule has 0 aliphatic carbocycles. The predicted octanol–water partition coefficient (Wildman–Crippen LogP) is 3.47. The molecule has 1 aromatic rings. The van der Waals surface area contributed by atoms with Gasteiger partial charge in [-0.05, 0) is 12.1 Å². The summed E-state index contributed by atoms with van der Waals surface area (Å²) in [5, 5.41) is 13.5. The molecule has 1 fully saturated rings. The Balaban J connectivity index is 1.99.